The third-order valence-electron chi connectivity index (χ3n) is 4.68. The van der Waals surface area contributed by atoms with Crippen LogP contribution in [0.15, 0.2) is 24.3 Å². The van der Waals surface area contributed by atoms with Crippen molar-refractivity contribution in [3.8, 4) is 0 Å². The molecule has 0 aliphatic heterocycles. The van der Waals surface area contributed by atoms with Crippen LogP contribution in [-0.4, -0.2) is 23.9 Å². The molecule has 2 nitrogen and oxygen atoms in total. The van der Waals surface area contributed by atoms with E-state index in [-0.39, 0.29) is 18.1 Å². The van der Waals surface area contributed by atoms with E-state index in [4.69, 9.17) is 4.74 Å². The molecule has 0 amide bonds. The molecule has 0 bridgehead atoms. The molecule has 0 saturated heterocycles. The van der Waals surface area contributed by atoms with E-state index in [1.165, 1.54) is 5.57 Å². The third-order valence-corrected chi connectivity index (χ3v) is 4.68. The number of hydrogen-bond donors (Lipinski definition) is 1. The Morgan fingerprint density at radius 2 is 2.10 bits per heavy atom. The summed E-state index contributed by atoms with van der Waals surface area (Å²) in [5.41, 5.74) is 1.29. The molecule has 0 saturated carbocycles. The first-order valence-electron chi connectivity index (χ1n) is 8.14. The van der Waals surface area contributed by atoms with Gasteiger partial charge in [-0.1, -0.05) is 46.3 Å². The summed E-state index contributed by atoms with van der Waals surface area (Å²) in [6, 6.07) is 0. The molecule has 1 aliphatic carbocycles. The van der Waals surface area contributed by atoms with Crippen LogP contribution in [0.4, 0.5) is 0 Å². The van der Waals surface area contributed by atoms with Crippen molar-refractivity contribution in [3.05, 3.63) is 24.3 Å². The minimum Gasteiger partial charge on any atom is -0.389 e. The number of rotatable bonds is 8. The largest absolute Gasteiger partial charge is 0.389 e. The second-order valence-corrected chi connectivity index (χ2v) is 6.35. The number of ether oxygens (including phenoxy) is 1. The third kappa shape index (κ3) is 4.75. The lowest BCUT2D eigenvalue weighted by atomic mass is 9.76. The van der Waals surface area contributed by atoms with Crippen LogP contribution >= 0.6 is 0 Å². The average Bonchev–Trinajstić information content (AvgIpc) is 2.45. The van der Waals surface area contributed by atoms with Crippen LogP contribution in [0, 0.1) is 17.8 Å². The number of aliphatic hydroxyl groups is 1. The van der Waals surface area contributed by atoms with Crippen molar-refractivity contribution in [2.75, 3.05) is 6.61 Å². The van der Waals surface area contributed by atoms with Gasteiger partial charge in [0.05, 0.1) is 12.2 Å². The topological polar surface area (TPSA) is 29.5 Å². The van der Waals surface area contributed by atoms with Crippen molar-refractivity contribution >= 4 is 0 Å². The molecule has 5 atom stereocenters. The van der Waals surface area contributed by atoms with Crippen molar-refractivity contribution in [3.63, 3.8) is 0 Å². The van der Waals surface area contributed by atoms with Crippen LogP contribution in [-0.2, 0) is 4.74 Å². The molecule has 0 radical (unpaired) electrons. The maximum Gasteiger partial charge on any atom is 0.0815 e. The van der Waals surface area contributed by atoms with Gasteiger partial charge in [-0.15, -0.1) is 6.58 Å². The van der Waals surface area contributed by atoms with Crippen molar-refractivity contribution in [1.29, 1.82) is 0 Å². The molecule has 5 unspecified atom stereocenters. The van der Waals surface area contributed by atoms with Gasteiger partial charge in [0.25, 0.3) is 0 Å². The highest BCUT2D eigenvalue weighted by Gasteiger charge is 2.34. The molecular formula is C18H32O2. The standard InChI is InChI=1S/C18H32O2/c1-6-8-11-20-18-15(5)14(4)17(19)12-16(18)10-9-13(3)7-2/h7,12-15,17-19H,2,6,8-11H2,1,3-5H3. The van der Waals surface area contributed by atoms with Gasteiger partial charge in [-0.25, -0.2) is 0 Å². The van der Waals surface area contributed by atoms with Crippen molar-refractivity contribution in [1.82, 2.24) is 0 Å². The Morgan fingerprint density at radius 3 is 2.70 bits per heavy atom. The molecule has 0 fully saturated rings. The molecule has 0 aromatic carbocycles. The first kappa shape index (κ1) is 17.5. The summed E-state index contributed by atoms with van der Waals surface area (Å²) in [6.07, 6.45) is 8.23. The maximum atomic E-state index is 10.2. The molecule has 2 heteroatoms. The molecule has 1 rings (SSSR count). The van der Waals surface area contributed by atoms with Gasteiger partial charge in [-0.05, 0) is 42.6 Å². The lowest BCUT2D eigenvalue weighted by molar-refractivity contribution is -0.0122. The molecule has 1 N–H and O–H groups in total. The molecule has 20 heavy (non-hydrogen) atoms. The molecule has 1 aliphatic rings. The van der Waals surface area contributed by atoms with Crippen LogP contribution in [0.1, 0.15) is 53.4 Å². The van der Waals surface area contributed by atoms with Crippen molar-refractivity contribution in [2.24, 2.45) is 17.8 Å². The number of aliphatic hydroxyl groups excluding tert-OH is 1. The second-order valence-electron chi connectivity index (χ2n) is 6.35. The maximum absolute atomic E-state index is 10.2. The summed E-state index contributed by atoms with van der Waals surface area (Å²) in [7, 11) is 0. The summed E-state index contributed by atoms with van der Waals surface area (Å²) in [6.45, 7) is 13.4. The smallest absolute Gasteiger partial charge is 0.0815 e. The van der Waals surface area contributed by atoms with Crippen LogP contribution in [0.5, 0.6) is 0 Å². The minimum atomic E-state index is -0.329. The minimum absolute atomic E-state index is 0.178. The first-order chi connectivity index (χ1) is 9.51. The van der Waals surface area contributed by atoms with E-state index in [9.17, 15) is 5.11 Å². The molecule has 0 aromatic rings. The van der Waals surface area contributed by atoms with E-state index >= 15 is 0 Å². The lowest BCUT2D eigenvalue weighted by Gasteiger charge is -2.37. The molecular weight excluding hydrogens is 248 g/mol. The van der Waals surface area contributed by atoms with Gasteiger partial charge in [0.2, 0.25) is 0 Å². The Morgan fingerprint density at radius 1 is 1.40 bits per heavy atom. The van der Waals surface area contributed by atoms with Crippen LogP contribution in [0.3, 0.4) is 0 Å². The summed E-state index contributed by atoms with van der Waals surface area (Å²) in [4.78, 5) is 0. The monoisotopic (exact) mass is 280 g/mol. The zero-order valence-corrected chi connectivity index (χ0v) is 13.6. The molecule has 116 valence electrons. The quantitative estimate of drug-likeness (QED) is 0.529. The fraction of sp³-hybridized carbons (Fsp3) is 0.778. The van der Waals surface area contributed by atoms with Crippen molar-refractivity contribution in [2.45, 2.75) is 65.6 Å². The zero-order chi connectivity index (χ0) is 15.1. The highest BCUT2D eigenvalue weighted by Crippen LogP contribution is 2.34. The number of unbranched alkanes of at least 4 members (excludes halogenated alkanes) is 1. The Hall–Kier alpha value is -0.600. The van der Waals surface area contributed by atoms with Crippen LogP contribution in [0.2, 0.25) is 0 Å². The van der Waals surface area contributed by atoms with E-state index in [0.717, 1.165) is 32.3 Å². The van der Waals surface area contributed by atoms with E-state index < -0.39 is 0 Å². The van der Waals surface area contributed by atoms with Gasteiger partial charge in [-0.2, -0.15) is 0 Å². The highest BCUT2D eigenvalue weighted by atomic mass is 16.5. The van der Waals surface area contributed by atoms with Gasteiger partial charge < -0.3 is 9.84 Å². The summed E-state index contributed by atoms with van der Waals surface area (Å²) < 4.78 is 6.13. The Bertz CT molecular complexity index is 321. The van der Waals surface area contributed by atoms with Gasteiger partial charge >= 0.3 is 0 Å². The molecule has 0 heterocycles. The lowest BCUT2D eigenvalue weighted by Crippen LogP contribution is -2.39. The molecule has 0 aromatic heterocycles. The van der Waals surface area contributed by atoms with E-state index in [1.807, 2.05) is 12.2 Å². The van der Waals surface area contributed by atoms with Crippen molar-refractivity contribution < 1.29 is 9.84 Å². The van der Waals surface area contributed by atoms with E-state index in [1.54, 1.807) is 0 Å². The molecule has 0 spiro atoms. The Labute approximate surface area is 124 Å². The van der Waals surface area contributed by atoms with Crippen LogP contribution in [0.25, 0.3) is 0 Å². The van der Waals surface area contributed by atoms with Crippen LogP contribution < -0.4 is 0 Å². The SMILES string of the molecule is C=CC(C)CCC1=CC(O)C(C)C(C)C1OCCCC. The van der Waals surface area contributed by atoms with Gasteiger partial charge in [-0.3, -0.25) is 0 Å². The van der Waals surface area contributed by atoms with E-state index in [0.29, 0.717) is 11.8 Å². The van der Waals surface area contributed by atoms with E-state index in [2.05, 4.69) is 34.3 Å². The average molecular weight is 280 g/mol. The predicted molar refractivity (Wildman–Crippen MR) is 85.7 cm³/mol. The fourth-order valence-electron chi connectivity index (χ4n) is 2.74. The highest BCUT2D eigenvalue weighted by molar-refractivity contribution is 5.18. The number of hydrogen-bond acceptors (Lipinski definition) is 2. The zero-order valence-electron chi connectivity index (χ0n) is 13.6. The first-order valence-corrected chi connectivity index (χ1v) is 8.14. The predicted octanol–water partition coefficient (Wildman–Crippen LogP) is 4.35. The fourth-order valence-corrected chi connectivity index (χ4v) is 2.74. The summed E-state index contributed by atoms with van der Waals surface area (Å²) in [5, 5.41) is 10.2. The van der Waals surface area contributed by atoms with Gasteiger partial charge in [0.15, 0.2) is 0 Å². The normalized spacial score (nSPS) is 31.8. The van der Waals surface area contributed by atoms with Gasteiger partial charge in [0.1, 0.15) is 0 Å². The van der Waals surface area contributed by atoms with Gasteiger partial charge in [0, 0.05) is 6.61 Å². The second kappa shape index (κ2) is 8.63. The summed E-state index contributed by atoms with van der Waals surface area (Å²) in [5.74, 6) is 1.15. The summed E-state index contributed by atoms with van der Waals surface area (Å²) >= 11 is 0. The Kier molecular flexibility index (Phi) is 7.53. The number of allylic oxidation sites excluding steroid dienone is 1. The Balaban J connectivity index is 2.71.